The summed E-state index contributed by atoms with van der Waals surface area (Å²) >= 11 is 1.65. The Morgan fingerprint density at radius 1 is 1.11 bits per heavy atom. The van der Waals surface area contributed by atoms with Crippen LogP contribution in [-0.4, -0.2) is 49.5 Å². The van der Waals surface area contributed by atoms with Gasteiger partial charge >= 0.3 is 5.97 Å². The summed E-state index contributed by atoms with van der Waals surface area (Å²) in [6.45, 7) is 0.694. The number of methoxy groups -OCH3 is 2. The number of carbonyl (C=O) groups excluding carboxylic acids is 1. The van der Waals surface area contributed by atoms with E-state index in [1.54, 1.807) is 18.9 Å². The van der Waals surface area contributed by atoms with Crippen molar-refractivity contribution >= 4 is 17.7 Å². The normalized spacial score (nSPS) is 26.8. The second kappa shape index (κ2) is 7.80. The van der Waals surface area contributed by atoms with E-state index in [9.17, 15) is 4.79 Å². The number of nitrogens with zero attached hydrogens (tertiary/aromatic N) is 1. The number of hydrogen-bond donors (Lipinski definition) is 0. The van der Waals surface area contributed by atoms with E-state index in [1.807, 2.05) is 24.3 Å². The second-order valence-corrected chi connectivity index (χ2v) is 9.31. The van der Waals surface area contributed by atoms with Gasteiger partial charge in [-0.25, -0.2) is 0 Å². The standard InChI is InChI=1S/C23H27NO3S/c1-24-15-23(22(25)27-3,28-18-9-5-4-6-10-18)14-17-12-19-16(13-20(17)24)8-7-11-21(19)26-2/h4-11,17,20H,12-15H2,1-3H3/t17-,20+,23+/m0/s1. The summed E-state index contributed by atoms with van der Waals surface area (Å²) in [5, 5.41) is 0. The molecule has 0 saturated carbocycles. The highest BCUT2D eigenvalue weighted by Gasteiger charge is 2.51. The van der Waals surface area contributed by atoms with Crippen molar-refractivity contribution in [1.82, 2.24) is 4.90 Å². The second-order valence-electron chi connectivity index (χ2n) is 7.85. The number of esters is 1. The van der Waals surface area contributed by atoms with E-state index in [4.69, 9.17) is 9.47 Å². The first kappa shape index (κ1) is 19.3. The Morgan fingerprint density at radius 3 is 2.61 bits per heavy atom. The minimum absolute atomic E-state index is 0.127. The average molecular weight is 398 g/mol. The molecule has 148 valence electrons. The quantitative estimate of drug-likeness (QED) is 0.734. The van der Waals surface area contributed by atoms with Crippen LogP contribution in [0.3, 0.4) is 0 Å². The first-order valence-electron chi connectivity index (χ1n) is 9.74. The Labute approximate surface area is 171 Å². The third-order valence-corrected chi connectivity index (χ3v) is 7.53. The molecule has 0 unspecified atom stereocenters. The Hall–Kier alpha value is -1.98. The van der Waals surface area contributed by atoms with Gasteiger partial charge in [-0.15, -0.1) is 11.8 Å². The van der Waals surface area contributed by atoms with Crippen molar-refractivity contribution in [2.75, 3.05) is 27.8 Å². The third kappa shape index (κ3) is 3.42. The van der Waals surface area contributed by atoms with E-state index in [0.29, 0.717) is 18.5 Å². The summed E-state index contributed by atoms with van der Waals surface area (Å²) in [6.07, 6.45) is 2.75. The summed E-state index contributed by atoms with van der Waals surface area (Å²) in [6, 6.07) is 16.9. The molecule has 0 N–H and O–H groups in total. The van der Waals surface area contributed by atoms with Crippen molar-refractivity contribution in [2.24, 2.45) is 5.92 Å². The van der Waals surface area contributed by atoms with Crippen molar-refractivity contribution in [3.8, 4) is 5.75 Å². The van der Waals surface area contributed by atoms with E-state index >= 15 is 0 Å². The summed E-state index contributed by atoms with van der Waals surface area (Å²) in [7, 11) is 5.38. The number of likely N-dealkylation sites (tertiary alicyclic amines) is 1. The number of hydrogen-bond acceptors (Lipinski definition) is 5. The van der Waals surface area contributed by atoms with E-state index in [0.717, 1.165) is 29.9 Å². The predicted octanol–water partition coefficient (Wildman–Crippen LogP) is 3.82. The lowest BCUT2D eigenvalue weighted by Gasteiger charge is -2.50. The lowest BCUT2D eigenvalue weighted by atomic mass is 9.72. The number of benzene rings is 2. The van der Waals surface area contributed by atoms with Gasteiger partial charge in [-0.05, 0) is 61.6 Å². The molecule has 4 rings (SSSR count). The lowest BCUT2D eigenvalue weighted by molar-refractivity contribution is -0.146. The average Bonchev–Trinajstić information content (AvgIpc) is 2.72. The molecule has 1 fully saturated rings. The topological polar surface area (TPSA) is 38.8 Å². The van der Waals surface area contributed by atoms with Crippen LogP contribution >= 0.6 is 11.8 Å². The summed E-state index contributed by atoms with van der Waals surface area (Å²) < 4.78 is 10.3. The highest BCUT2D eigenvalue weighted by atomic mass is 32.2. The van der Waals surface area contributed by atoms with Crippen molar-refractivity contribution in [3.05, 3.63) is 59.7 Å². The van der Waals surface area contributed by atoms with Crippen LogP contribution in [0.4, 0.5) is 0 Å². The molecule has 1 aliphatic carbocycles. The number of likely N-dealkylation sites (N-methyl/N-ethyl adjacent to an activating group) is 1. The number of rotatable bonds is 4. The van der Waals surface area contributed by atoms with Gasteiger partial charge in [-0.3, -0.25) is 4.79 Å². The van der Waals surface area contributed by atoms with Crippen LogP contribution in [-0.2, 0) is 22.4 Å². The zero-order valence-electron chi connectivity index (χ0n) is 16.7. The molecule has 0 aromatic heterocycles. The van der Waals surface area contributed by atoms with Gasteiger partial charge in [0.15, 0.2) is 0 Å². The zero-order chi connectivity index (χ0) is 19.7. The number of piperidine rings is 1. The Bertz CT molecular complexity index is 856. The van der Waals surface area contributed by atoms with Gasteiger partial charge in [0, 0.05) is 17.5 Å². The maximum Gasteiger partial charge on any atom is 0.323 e. The van der Waals surface area contributed by atoms with Gasteiger partial charge in [0.25, 0.3) is 0 Å². The van der Waals surface area contributed by atoms with Gasteiger partial charge in [-0.1, -0.05) is 30.3 Å². The van der Waals surface area contributed by atoms with Crippen LogP contribution in [0.1, 0.15) is 17.5 Å². The molecular weight excluding hydrogens is 370 g/mol. The van der Waals surface area contributed by atoms with E-state index in [2.05, 4.69) is 36.2 Å². The predicted molar refractivity (Wildman–Crippen MR) is 112 cm³/mol. The minimum Gasteiger partial charge on any atom is -0.496 e. The molecule has 0 amide bonds. The molecule has 28 heavy (non-hydrogen) atoms. The van der Waals surface area contributed by atoms with Crippen LogP contribution in [0.5, 0.6) is 5.75 Å². The van der Waals surface area contributed by atoms with Crippen LogP contribution in [0.15, 0.2) is 53.4 Å². The highest BCUT2D eigenvalue weighted by Crippen LogP contribution is 2.47. The Balaban J connectivity index is 1.68. The molecule has 2 aliphatic rings. The molecular formula is C23H27NO3S. The largest absolute Gasteiger partial charge is 0.496 e. The Morgan fingerprint density at radius 2 is 1.89 bits per heavy atom. The maximum absolute atomic E-state index is 13.0. The SMILES string of the molecule is COC(=O)[C@@]1(Sc2ccccc2)C[C@@H]2Cc3c(cccc3OC)C[C@H]2N(C)C1. The molecule has 4 nitrogen and oxygen atoms in total. The lowest BCUT2D eigenvalue weighted by Crippen LogP contribution is -2.59. The molecule has 0 radical (unpaired) electrons. The number of carbonyl (C=O) groups is 1. The Kier molecular flexibility index (Phi) is 5.39. The fourth-order valence-electron chi connectivity index (χ4n) is 4.91. The van der Waals surface area contributed by atoms with Crippen molar-refractivity contribution in [3.63, 3.8) is 0 Å². The fourth-order valence-corrected chi connectivity index (χ4v) is 6.39. The highest BCUT2D eigenvalue weighted by molar-refractivity contribution is 8.01. The third-order valence-electron chi connectivity index (χ3n) is 6.17. The number of thioether (sulfide) groups is 1. The summed E-state index contributed by atoms with van der Waals surface area (Å²) in [5.41, 5.74) is 2.67. The van der Waals surface area contributed by atoms with Crippen LogP contribution < -0.4 is 4.74 Å². The first-order valence-corrected chi connectivity index (χ1v) is 10.6. The molecule has 1 heterocycles. The van der Waals surface area contributed by atoms with Gasteiger partial charge in [0.05, 0.1) is 14.2 Å². The number of ether oxygens (including phenoxy) is 2. The number of fused-ring (bicyclic) bond motifs is 2. The van der Waals surface area contributed by atoms with E-state index < -0.39 is 4.75 Å². The van der Waals surface area contributed by atoms with E-state index in [-0.39, 0.29) is 5.97 Å². The van der Waals surface area contributed by atoms with Crippen LogP contribution in [0.2, 0.25) is 0 Å². The van der Waals surface area contributed by atoms with Crippen LogP contribution in [0, 0.1) is 5.92 Å². The van der Waals surface area contributed by atoms with Gasteiger partial charge < -0.3 is 14.4 Å². The molecule has 2 aromatic rings. The van der Waals surface area contributed by atoms with Crippen LogP contribution in [0.25, 0.3) is 0 Å². The smallest absolute Gasteiger partial charge is 0.323 e. The van der Waals surface area contributed by atoms with Crippen molar-refractivity contribution < 1.29 is 14.3 Å². The molecule has 3 atom stereocenters. The molecule has 5 heteroatoms. The summed E-state index contributed by atoms with van der Waals surface area (Å²) in [5.74, 6) is 1.22. The van der Waals surface area contributed by atoms with Gasteiger partial charge in [-0.2, -0.15) is 0 Å². The van der Waals surface area contributed by atoms with Crippen molar-refractivity contribution in [2.45, 2.75) is 34.9 Å². The molecule has 1 saturated heterocycles. The molecule has 2 aromatic carbocycles. The minimum atomic E-state index is -0.592. The van der Waals surface area contributed by atoms with Crippen molar-refractivity contribution in [1.29, 1.82) is 0 Å². The molecule has 1 aliphatic heterocycles. The molecule has 0 spiro atoms. The fraction of sp³-hybridized carbons (Fsp3) is 0.435. The monoisotopic (exact) mass is 397 g/mol. The summed E-state index contributed by atoms with van der Waals surface area (Å²) in [4.78, 5) is 16.5. The zero-order valence-corrected chi connectivity index (χ0v) is 17.5. The van der Waals surface area contributed by atoms with Gasteiger partial charge in [0.2, 0.25) is 0 Å². The molecule has 0 bridgehead atoms. The first-order chi connectivity index (χ1) is 13.6. The van der Waals surface area contributed by atoms with E-state index in [1.165, 1.54) is 18.2 Å². The maximum atomic E-state index is 13.0. The van der Waals surface area contributed by atoms with Gasteiger partial charge in [0.1, 0.15) is 10.5 Å².